The molecule has 0 fully saturated rings. The van der Waals surface area contributed by atoms with Gasteiger partial charge < -0.3 is 10.5 Å². The lowest BCUT2D eigenvalue weighted by Gasteiger charge is -2.12. The number of ether oxygens (including phenoxy) is 1. The molecule has 0 saturated heterocycles. The first kappa shape index (κ1) is 15.7. The Kier molecular flexibility index (Phi) is 4.03. The van der Waals surface area contributed by atoms with E-state index >= 15 is 0 Å². The highest BCUT2D eigenvalue weighted by atomic mass is 19.2. The van der Waals surface area contributed by atoms with Crippen molar-refractivity contribution in [3.8, 4) is 11.3 Å². The normalized spacial score (nSPS) is 10.6. The Bertz CT molecular complexity index is 778. The van der Waals surface area contributed by atoms with E-state index < -0.39 is 46.2 Å². The van der Waals surface area contributed by atoms with Gasteiger partial charge in [-0.3, -0.25) is 0 Å². The SMILES string of the molecule is COC(=O)c1nc(-c2ccc(F)c(F)c2F)c(F)c(N)c1C. The molecule has 8 heteroatoms. The van der Waals surface area contributed by atoms with E-state index in [1.54, 1.807) is 0 Å². The molecular weight excluding hydrogens is 304 g/mol. The number of nitrogen functional groups attached to an aromatic ring is 1. The van der Waals surface area contributed by atoms with Gasteiger partial charge >= 0.3 is 5.97 Å². The standard InChI is InChI=1S/C14H10F4N2O2/c1-5-11(19)10(18)13(20-12(5)14(21)22-2)6-3-4-7(15)9(17)8(6)16/h3-4H,1-2H3,(H2,19,20). The zero-order chi connectivity index (χ0) is 16.6. The van der Waals surface area contributed by atoms with E-state index in [0.29, 0.717) is 6.07 Å². The number of carbonyl (C=O) groups is 1. The quantitative estimate of drug-likeness (QED) is 0.526. The molecule has 2 rings (SSSR count). The zero-order valence-corrected chi connectivity index (χ0v) is 11.5. The maximum Gasteiger partial charge on any atom is 0.357 e. The van der Waals surface area contributed by atoms with Crippen LogP contribution in [-0.2, 0) is 4.74 Å². The molecule has 0 atom stereocenters. The third kappa shape index (κ3) is 2.36. The number of pyridine rings is 1. The number of nitrogens with two attached hydrogens (primary N) is 1. The molecule has 0 aliphatic carbocycles. The molecule has 0 bridgehead atoms. The van der Waals surface area contributed by atoms with Gasteiger partial charge in [0.2, 0.25) is 0 Å². The summed E-state index contributed by atoms with van der Waals surface area (Å²) in [6.45, 7) is 1.32. The topological polar surface area (TPSA) is 65.2 Å². The van der Waals surface area contributed by atoms with Crippen molar-refractivity contribution < 1.29 is 27.1 Å². The van der Waals surface area contributed by atoms with E-state index in [-0.39, 0.29) is 11.3 Å². The van der Waals surface area contributed by atoms with Crippen LogP contribution in [0.1, 0.15) is 16.1 Å². The van der Waals surface area contributed by atoms with E-state index in [1.165, 1.54) is 6.92 Å². The number of halogens is 4. The number of rotatable bonds is 2. The van der Waals surface area contributed by atoms with E-state index in [1.807, 2.05) is 0 Å². The number of nitrogens with zero attached hydrogens (tertiary/aromatic N) is 1. The Morgan fingerprint density at radius 1 is 1.14 bits per heavy atom. The van der Waals surface area contributed by atoms with Crippen LogP contribution in [0.2, 0.25) is 0 Å². The average molecular weight is 314 g/mol. The Balaban J connectivity index is 2.79. The predicted molar refractivity (Wildman–Crippen MR) is 70.0 cm³/mol. The molecule has 0 spiro atoms. The fourth-order valence-corrected chi connectivity index (χ4v) is 1.85. The van der Waals surface area contributed by atoms with Gasteiger partial charge in [-0.25, -0.2) is 27.3 Å². The van der Waals surface area contributed by atoms with Crippen LogP contribution in [0.25, 0.3) is 11.3 Å². The lowest BCUT2D eigenvalue weighted by Crippen LogP contribution is -2.12. The number of hydrogen-bond acceptors (Lipinski definition) is 4. The lowest BCUT2D eigenvalue weighted by molar-refractivity contribution is 0.0593. The number of aromatic nitrogens is 1. The predicted octanol–water partition coefficient (Wildman–Crippen LogP) is 2.98. The minimum absolute atomic E-state index is 0.00362. The molecule has 1 aromatic carbocycles. The summed E-state index contributed by atoms with van der Waals surface area (Å²) in [5, 5.41) is 0. The third-order valence-electron chi connectivity index (χ3n) is 3.10. The van der Waals surface area contributed by atoms with Crippen molar-refractivity contribution >= 4 is 11.7 Å². The van der Waals surface area contributed by atoms with Crippen LogP contribution < -0.4 is 5.73 Å². The van der Waals surface area contributed by atoms with E-state index in [9.17, 15) is 22.4 Å². The molecule has 0 radical (unpaired) electrons. The number of hydrogen-bond donors (Lipinski definition) is 1. The fraction of sp³-hybridized carbons (Fsp3) is 0.143. The average Bonchev–Trinajstić information content (AvgIpc) is 2.51. The van der Waals surface area contributed by atoms with Crippen molar-refractivity contribution in [1.29, 1.82) is 0 Å². The number of carbonyl (C=O) groups excluding carboxylic acids is 1. The Labute approximate surface area is 122 Å². The van der Waals surface area contributed by atoms with E-state index in [4.69, 9.17) is 5.73 Å². The summed E-state index contributed by atoms with van der Waals surface area (Å²) in [6, 6.07) is 1.41. The first-order valence-electron chi connectivity index (χ1n) is 5.97. The highest BCUT2D eigenvalue weighted by Crippen LogP contribution is 2.31. The summed E-state index contributed by atoms with van der Waals surface area (Å²) in [6.07, 6.45) is 0. The summed E-state index contributed by atoms with van der Waals surface area (Å²) in [4.78, 5) is 15.2. The molecule has 2 N–H and O–H groups in total. The molecule has 1 heterocycles. The van der Waals surface area contributed by atoms with Crippen LogP contribution in [-0.4, -0.2) is 18.1 Å². The third-order valence-corrected chi connectivity index (χ3v) is 3.10. The molecule has 0 saturated carbocycles. The monoisotopic (exact) mass is 314 g/mol. The Morgan fingerprint density at radius 3 is 2.36 bits per heavy atom. The van der Waals surface area contributed by atoms with Gasteiger partial charge in [-0.05, 0) is 19.1 Å². The molecule has 0 aliphatic rings. The van der Waals surface area contributed by atoms with Crippen molar-refractivity contribution in [3.63, 3.8) is 0 Å². The van der Waals surface area contributed by atoms with E-state index in [2.05, 4.69) is 9.72 Å². The maximum atomic E-state index is 14.2. The molecule has 0 unspecified atom stereocenters. The highest BCUT2D eigenvalue weighted by Gasteiger charge is 2.24. The molecule has 116 valence electrons. The molecule has 22 heavy (non-hydrogen) atoms. The summed E-state index contributed by atoms with van der Waals surface area (Å²) in [7, 11) is 1.07. The minimum atomic E-state index is -1.78. The van der Waals surface area contributed by atoms with Crippen LogP contribution in [0.3, 0.4) is 0 Å². The summed E-state index contributed by atoms with van der Waals surface area (Å²) < 4.78 is 58.7. The Hall–Kier alpha value is -2.64. The Morgan fingerprint density at radius 2 is 1.77 bits per heavy atom. The second-order valence-corrected chi connectivity index (χ2v) is 4.38. The lowest BCUT2D eigenvalue weighted by atomic mass is 10.1. The number of methoxy groups -OCH3 is 1. The van der Waals surface area contributed by atoms with Crippen LogP contribution in [0.4, 0.5) is 23.2 Å². The van der Waals surface area contributed by atoms with Crippen molar-refractivity contribution in [2.24, 2.45) is 0 Å². The number of anilines is 1. The first-order chi connectivity index (χ1) is 10.3. The number of esters is 1. The van der Waals surface area contributed by atoms with Crippen molar-refractivity contribution in [3.05, 3.63) is 46.7 Å². The van der Waals surface area contributed by atoms with Gasteiger partial charge in [-0.2, -0.15) is 0 Å². The molecule has 0 aliphatic heterocycles. The van der Waals surface area contributed by atoms with Gasteiger partial charge in [0.1, 0.15) is 5.69 Å². The van der Waals surface area contributed by atoms with Gasteiger partial charge in [0.05, 0.1) is 12.8 Å². The number of benzene rings is 1. The van der Waals surface area contributed by atoms with Crippen molar-refractivity contribution in [1.82, 2.24) is 4.98 Å². The maximum absolute atomic E-state index is 14.2. The second kappa shape index (κ2) is 5.63. The fourth-order valence-electron chi connectivity index (χ4n) is 1.85. The molecule has 2 aromatic rings. The smallest absolute Gasteiger partial charge is 0.357 e. The molecule has 4 nitrogen and oxygen atoms in total. The van der Waals surface area contributed by atoms with Crippen LogP contribution in [0.15, 0.2) is 12.1 Å². The van der Waals surface area contributed by atoms with Gasteiger partial charge in [0, 0.05) is 11.1 Å². The molecule has 0 amide bonds. The van der Waals surface area contributed by atoms with Crippen LogP contribution in [0, 0.1) is 30.2 Å². The molecule has 1 aromatic heterocycles. The van der Waals surface area contributed by atoms with Crippen LogP contribution in [0.5, 0.6) is 0 Å². The molecular formula is C14H10F4N2O2. The van der Waals surface area contributed by atoms with Gasteiger partial charge in [0.25, 0.3) is 0 Å². The van der Waals surface area contributed by atoms with Gasteiger partial charge in [-0.15, -0.1) is 0 Å². The zero-order valence-electron chi connectivity index (χ0n) is 11.5. The second-order valence-electron chi connectivity index (χ2n) is 4.38. The largest absolute Gasteiger partial charge is 0.464 e. The summed E-state index contributed by atoms with van der Waals surface area (Å²) >= 11 is 0. The highest BCUT2D eigenvalue weighted by molar-refractivity contribution is 5.91. The van der Waals surface area contributed by atoms with Gasteiger partial charge in [0.15, 0.2) is 29.0 Å². The van der Waals surface area contributed by atoms with E-state index in [0.717, 1.165) is 13.2 Å². The van der Waals surface area contributed by atoms with Crippen molar-refractivity contribution in [2.45, 2.75) is 6.92 Å². The first-order valence-corrected chi connectivity index (χ1v) is 5.97. The minimum Gasteiger partial charge on any atom is -0.464 e. The van der Waals surface area contributed by atoms with Gasteiger partial charge in [-0.1, -0.05) is 0 Å². The summed E-state index contributed by atoms with van der Waals surface area (Å²) in [5.74, 6) is -6.92. The summed E-state index contributed by atoms with van der Waals surface area (Å²) in [5.41, 5.74) is 3.34. The van der Waals surface area contributed by atoms with Crippen molar-refractivity contribution in [2.75, 3.05) is 12.8 Å². The van der Waals surface area contributed by atoms with Crippen LogP contribution >= 0.6 is 0 Å².